The van der Waals surface area contributed by atoms with Crippen molar-refractivity contribution in [3.63, 3.8) is 0 Å². The van der Waals surface area contributed by atoms with E-state index in [4.69, 9.17) is 9.47 Å². The van der Waals surface area contributed by atoms with E-state index < -0.39 is 0 Å². The van der Waals surface area contributed by atoms with Crippen LogP contribution >= 0.6 is 0 Å². The Morgan fingerprint density at radius 2 is 1.84 bits per heavy atom. The number of para-hydroxylation sites is 2. The zero-order valence-electron chi connectivity index (χ0n) is 18.5. The summed E-state index contributed by atoms with van der Waals surface area (Å²) in [4.78, 5) is 11.7. The summed E-state index contributed by atoms with van der Waals surface area (Å²) in [5, 5.41) is 6.43. The molecule has 0 aromatic heterocycles. The van der Waals surface area contributed by atoms with Crippen molar-refractivity contribution in [3.8, 4) is 28.4 Å². The molecule has 0 spiro atoms. The predicted octanol–water partition coefficient (Wildman–Crippen LogP) is 5.56. The SMILES string of the molecule is COc1cccc2c1Oc1cc(-c3ccccc3NC(C)=O)ccc1C2C1CCNCC1. The van der Waals surface area contributed by atoms with Crippen LogP contribution in [0.25, 0.3) is 11.1 Å². The van der Waals surface area contributed by atoms with E-state index in [0.29, 0.717) is 5.92 Å². The van der Waals surface area contributed by atoms with Crippen LogP contribution in [0.4, 0.5) is 5.69 Å². The first-order valence-electron chi connectivity index (χ1n) is 11.2. The number of hydrogen-bond acceptors (Lipinski definition) is 4. The second-order valence-corrected chi connectivity index (χ2v) is 8.53. The molecule has 1 atom stereocenters. The first-order valence-corrected chi connectivity index (χ1v) is 11.2. The Kier molecular flexibility index (Phi) is 5.58. The lowest BCUT2D eigenvalue weighted by Gasteiger charge is -2.36. The molecule has 5 heteroatoms. The van der Waals surface area contributed by atoms with Gasteiger partial charge in [-0.1, -0.05) is 42.5 Å². The van der Waals surface area contributed by atoms with Gasteiger partial charge in [-0.05, 0) is 55.6 Å². The van der Waals surface area contributed by atoms with Gasteiger partial charge >= 0.3 is 0 Å². The van der Waals surface area contributed by atoms with Crippen molar-refractivity contribution in [2.24, 2.45) is 5.92 Å². The number of piperidine rings is 1. The first-order chi connectivity index (χ1) is 15.7. The van der Waals surface area contributed by atoms with Crippen molar-refractivity contribution in [1.82, 2.24) is 5.32 Å². The Hall–Kier alpha value is -3.31. The molecule has 5 rings (SSSR count). The standard InChI is InChI=1S/C27H28N2O3/c1-17(30)29-23-8-4-3-6-20(23)19-10-11-21-25(16-19)32-27-22(7-5-9-24(27)31-2)26(21)18-12-14-28-15-13-18/h3-11,16,18,26,28H,12-15H2,1-2H3,(H,29,30). The summed E-state index contributed by atoms with van der Waals surface area (Å²) in [6.07, 6.45) is 2.27. The van der Waals surface area contributed by atoms with E-state index in [9.17, 15) is 4.79 Å². The second-order valence-electron chi connectivity index (χ2n) is 8.53. The summed E-state index contributed by atoms with van der Waals surface area (Å²) >= 11 is 0. The normalized spacial score (nSPS) is 17.6. The summed E-state index contributed by atoms with van der Waals surface area (Å²) in [6, 6.07) is 20.5. The van der Waals surface area contributed by atoms with Gasteiger partial charge in [-0.15, -0.1) is 0 Å². The molecule has 0 aliphatic carbocycles. The Morgan fingerprint density at radius 3 is 2.62 bits per heavy atom. The van der Waals surface area contributed by atoms with Gasteiger partial charge in [-0.25, -0.2) is 0 Å². The van der Waals surface area contributed by atoms with Crippen LogP contribution in [0.5, 0.6) is 17.2 Å². The zero-order valence-corrected chi connectivity index (χ0v) is 18.5. The highest BCUT2D eigenvalue weighted by Gasteiger charge is 2.35. The van der Waals surface area contributed by atoms with Gasteiger partial charge in [0.2, 0.25) is 5.91 Å². The minimum atomic E-state index is -0.0868. The Balaban J connectivity index is 1.62. The summed E-state index contributed by atoms with van der Waals surface area (Å²) in [6.45, 7) is 3.61. The molecule has 2 aliphatic heterocycles. The van der Waals surface area contributed by atoms with Crippen molar-refractivity contribution >= 4 is 11.6 Å². The van der Waals surface area contributed by atoms with Crippen molar-refractivity contribution in [1.29, 1.82) is 0 Å². The molecule has 0 saturated carbocycles. The Morgan fingerprint density at radius 1 is 1.03 bits per heavy atom. The van der Waals surface area contributed by atoms with E-state index in [-0.39, 0.29) is 11.8 Å². The third kappa shape index (κ3) is 3.73. The van der Waals surface area contributed by atoms with E-state index >= 15 is 0 Å². The zero-order chi connectivity index (χ0) is 22.1. The van der Waals surface area contributed by atoms with Gasteiger partial charge in [0, 0.05) is 35.2 Å². The molecule has 3 aromatic rings. The monoisotopic (exact) mass is 428 g/mol. The molecule has 2 N–H and O–H groups in total. The lowest BCUT2D eigenvalue weighted by Crippen LogP contribution is -2.32. The van der Waals surface area contributed by atoms with Crippen molar-refractivity contribution in [3.05, 3.63) is 71.8 Å². The topological polar surface area (TPSA) is 59.6 Å². The average molecular weight is 429 g/mol. The smallest absolute Gasteiger partial charge is 0.221 e. The first kappa shape index (κ1) is 20.6. The number of hydrogen-bond donors (Lipinski definition) is 2. The van der Waals surface area contributed by atoms with Crippen LogP contribution in [-0.2, 0) is 4.79 Å². The fourth-order valence-electron chi connectivity index (χ4n) is 5.09. The molecule has 0 bridgehead atoms. The number of methoxy groups -OCH3 is 1. The largest absolute Gasteiger partial charge is 0.493 e. The van der Waals surface area contributed by atoms with Gasteiger partial charge < -0.3 is 20.1 Å². The minimum absolute atomic E-state index is 0.0868. The van der Waals surface area contributed by atoms with E-state index in [2.05, 4.69) is 41.0 Å². The molecule has 2 aliphatic rings. The number of anilines is 1. The average Bonchev–Trinajstić information content (AvgIpc) is 2.82. The summed E-state index contributed by atoms with van der Waals surface area (Å²) in [5.74, 6) is 3.17. The number of benzene rings is 3. The third-order valence-corrected chi connectivity index (χ3v) is 6.53. The van der Waals surface area contributed by atoms with Gasteiger partial charge in [0.15, 0.2) is 11.5 Å². The van der Waals surface area contributed by atoms with E-state index in [0.717, 1.165) is 60.0 Å². The van der Waals surface area contributed by atoms with Crippen LogP contribution in [0.1, 0.15) is 36.8 Å². The van der Waals surface area contributed by atoms with Crippen LogP contribution in [0.2, 0.25) is 0 Å². The molecule has 32 heavy (non-hydrogen) atoms. The van der Waals surface area contributed by atoms with E-state index in [1.807, 2.05) is 30.3 Å². The summed E-state index contributed by atoms with van der Waals surface area (Å²) in [5.41, 5.74) is 5.20. The van der Waals surface area contributed by atoms with Crippen LogP contribution in [0, 0.1) is 5.92 Å². The van der Waals surface area contributed by atoms with Gasteiger partial charge in [0.25, 0.3) is 0 Å². The molecule has 1 saturated heterocycles. The maximum atomic E-state index is 11.7. The summed E-state index contributed by atoms with van der Waals surface area (Å²) in [7, 11) is 1.69. The lowest BCUT2D eigenvalue weighted by molar-refractivity contribution is -0.114. The third-order valence-electron chi connectivity index (χ3n) is 6.53. The van der Waals surface area contributed by atoms with Crippen LogP contribution in [-0.4, -0.2) is 26.1 Å². The van der Waals surface area contributed by atoms with E-state index in [1.54, 1.807) is 7.11 Å². The number of rotatable bonds is 4. The second kappa shape index (κ2) is 8.67. The highest BCUT2D eigenvalue weighted by Crippen LogP contribution is 2.53. The number of fused-ring (bicyclic) bond motifs is 2. The molecular weight excluding hydrogens is 400 g/mol. The Labute approximate surface area is 188 Å². The maximum Gasteiger partial charge on any atom is 0.221 e. The molecular formula is C27H28N2O3. The Bertz CT molecular complexity index is 1150. The van der Waals surface area contributed by atoms with Gasteiger partial charge in [0.05, 0.1) is 7.11 Å². The van der Waals surface area contributed by atoms with Crippen molar-refractivity contribution < 1.29 is 14.3 Å². The van der Waals surface area contributed by atoms with Crippen LogP contribution in [0.3, 0.4) is 0 Å². The maximum absolute atomic E-state index is 11.7. The van der Waals surface area contributed by atoms with Crippen molar-refractivity contribution in [2.75, 3.05) is 25.5 Å². The fraction of sp³-hybridized carbons (Fsp3) is 0.296. The van der Waals surface area contributed by atoms with Gasteiger partial charge in [-0.2, -0.15) is 0 Å². The molecule has 164 valence electrons. The number of ether oxygens (including phenoxy) is 2. The van der Waals surface area contributed by atoms with Crippen LogP contribution in [0.15, 0.2) is 60.7 Å². The minimum Gasteiger partial charge on any atom is -0.493 e. The van der Waals surface area contributed by atoms with Gasteiger partial charge in [-0.3, -0.25) is 4.79 Å². The quantitative estimate of drug-likeness (QED) is 0.571. The fourth-order valence-corrected chi connectivity index (χ4v) is 5.09. The van der Waals surface area contributed by atoms with Gasteiger partial charge in [0.1, 0.15) is 5.75 Å². The number of carbonyl (C=O) groups excluding carboxylic acids is 1. The van der Waals surface area contributed by atoms with Crippen molar-refractivity contribution in [2.45, 2.75) is 25.7 Å². The van der Waals surface area contributed by atoms with Crippen LogP contribution < -0.4 is 20.1 Å². The number of carbonyl (C=O) groups is 1. The lowest BCUT2D eigenvalue weighted by atomic mass is 9.74. The highest BCUT2D eigenvalue weighted by atomic mass is 16.5. The van der Waals surface area contributed by atoms with E-state index in [1.165, 1.54) is 18.1 Å². The molecule has 0 radical (unpaired) electrons. The summed E-state index contributed by atoms with van der Waals surface area (Å²) < 4.78 is 12.1. The predicted molar refractivity (Wildman–Crippen MR) is 127 cm³/mol. The molecule has 1 unspecified atom stereocenters. The number of nitrogens with one attached hydrogen (secondary N) is 2. The molecule has 1 amide bonds. The number of amides is 1. The molecule has 5 nitrogen and oxygen atoms in total. The highest BCUT2D eigenvalue weighted by molar-refractivity contribution is 5.94. The molecule has 1 fully saturated rings. The molecule has 2 heterocycles. The molecule has 3 aromatic carbocycles.